The Balaban J connectivity index is 2.14. The molecule has 2 aromatic carbocycles. The van der Waals surface area contributed by atoms with Crippen LogP contribution >= 0.6 is 11.6 Å². The van der Waals surface area contributed by atoms with E-state index in [0.717, 1.165) is 0 Å². The van der Waals surface area contributed by atoms with Gasteiger partial charge in [-0.25, -0.2) is 0 Å². The molecule has 2 aromatic rings. The molecule has 0 radical (unpaired) electrons. The van der Waals surface area contributed by atoms with Crippen LogP contribution < -0.4 is 21.1 Å². The lowest BCUT2D eigenvalue weighted by Crippen LogP contribution is -2.15. The van der Waals surface area contributed by atoms with Crippen molar-refractivity contribution in [3.05, 3.63) is 59.3 Å². The Kier molecular flexibility index (Phi) is 6.26. The van der Waals surface area contributed by atoms with E-state index in [9.17, 15) is 10.1 Å². The van der Waals surface area contributed by atoms with E-state index in [-0.39, 0.29) is 5.57 Å². The van der Waals surface area contributed by atoms with Gasteiger partial charge in [-0.1, -0.05) is 23.7 Å². The summed E-state index contributed by atoms with van der Waals surface area (Å²) in [7, 11) is 0. The fourth-order valence-corrected chi connectivity index (χ4v) is 2.22. The van der Waals surface area contributed by atoms with Gasteiger partial charge in [0, 0.05) is 11.9 Å². The highest BCUT2D eigenvalue weighted by atomic mass is 35.5. The van der Waals surface area contributed by atoms with E-state index >= 15 is 0 Å². The Labute approximate surface area is 150 Å². The third kappa shape index (κ3) is 4.90. The predicted octanol–water partition coefficient (Wildman–Crippen LogP) is 3.78. The number of amides is 1. The van der Waals surface area contributed by atoms with Gasteiger partial charge in [-0.15, -0.1) is 0 Å². The molecule has 0 saturated carbocycles. The minimum atomic E-state index is -0.587. The first-order valence-electron chi connectivity index (χ1n) is 7.50. The molecule has 128 valence electrons. The van der Waals surface area contributed by atoms with Crippen LogP contribution in [0.3, 0.4) is 0 Å². The fraction of sp³-hybridized carbons (Fsp3) is 0.111. The quantitative estimate of drug-likeness (QED) is 0.415. The van der Waals surface area contributed by atoms with Crippen LogP contribution in [0.4, 0.5) is 17.1 Å². The Morgan fingerprint density at radius 3 is 2.76 bits per heavy atom. The number of nitrogens with two attached hydrogens (primary N) is 1. The van der Waals surface area contributed by atoms with Crippen LogP contribution in [0.2, 0.25) is 5.02 Å². The molecule has 0 unspecified atom stereocenters. The van der Waals surface area contributed by atoms with Crippen molar-refractivity contribution >= 4 is 34.6 Å². The summed E-state index contributed by atoms with van der Waals surface area (Å²) >= 11 is 6.02. The average Bonchev–Trinajstić information content (AvgIpc) is 2.59. The van der Waals surface area contributed by atoms with Crippen molar-refractivity contribution in [2.24, 2.45) is 0 Å². The lowest BCUT2D eigenvalue weighted by molar-refractivity contribution is -0.112. The molecule has 0 aliphatic heterocycles. The zero-order valence-electron chi connectivity index (χ0n) is 13.5. The zero-order chi connectivity index (χ0) is 18.2. The average molecular weight is 357 g/mol. The molecule has 0 aliphatic rings. The molecule has 2 rings (SSSR count). The summed E-state index contributed by atoms with van der Waals surface area (Å²) in [6.45, 7) is 2.38. The number of carbonyl (C=O) groups excluding carboxylic acids is 1. The van der Waals surface area contributed by atoms with E-state index in [1.165, 1.54) is 12.3 Å². The summed E-state index contributed by atoms with van der Waals surface area (Å²) < 4.78 is 5.48. The largest absolute Gasteiger partial charge is 0.492 e. The summed E-state index contributed by atoms with van der Waals surface area (Å²) in [6.07, 6.45) is 1.32. The van der Waals surface area contributed by atoms with Crippen molar-refractivity contribution in [1.82, 2.24) is 0 Å². The number of nitriles is 1. The summed E-state index contributed by atoms with van der Waals surface area (Å²) in [5.41, 5.74) is 7.00. The summed E-state index contributed by atoms with van der Waals surface area (Å²) in [5, 5.41) is 15.0. The zero-order valence-corrected chi connectivity index (χ0v) is 14.3. The molecule has 0 heterocycles. The van der Waals surface area contributed by atoms with Crippen molar-refractivity contribution < 1.29 is 9.53 Å². The maximum Gasteiger partial charge on any atom is 0.267 e. The number of ether oxygens (including phenoxy) is 1. The van der Waals surface area contributed by atoms with E-state index in [4.69, 9.17) is 22.1 Å². The highest BCUT2D eigenvalue weighted by molar-refractivity contribution is 6.34. The second kappa shape index (κ2) is 8.62. The minimum Gasteiger partial charge on any atom is -0.492 e. The van der Waals surface area contributed by atoms with E-state index in [1.807, 2.05) is 25.1 Å². The van der Waals surface area contributed by atoms with Crippen LogP contribution in [0.5, 0.6) is 5.75 Å². The van der Waals surface area contributed by atoms with Crippen molar-refractivity contribution in [3.8, 4) is 11.8 Å². The van der Waals surface area contributed by atoms with Crippen LogP contribution in [0, 0.1) is 11.3 Å². The maximum atomic E-state index is 12.2. The molecule has 0 atom stereocenters. The number of benzene rings is 2. The van der Waals surface area contributed by atoms with E-state index in [1.54, 1.807) is 24.3 Å². The van der Waals surface area contributed by atoms with Gasteiger partial charge in [-0.3, -0.25) is 4.79 Å². The van der Waals surface area contributed by atoms with Crippen molar-refractivity contribution in [2.75, 3.05) is 23.0 Å². The Hall–Kier alpha value is -3.17. The van der Waals surface area contributed by atoms with Gasteiger partial charge in [0.25, 0.3) is 5.91 Å². The van der Waals surface area contributed by atoms with Crippen LogP contribution in [-0.2, 0) is 4.79 Å². The maximum absolute atomic E-state index is 12.2. The molecule has 0 bridgehead atoms. The molecule has 25 heavy (non-hydrogen) atoms. The number of anilines is 3. The van der Waals surface area contributed by atoms with Gasteiger partial charge in [0.05, 0.1) is 23.0 Å². The predicted molar refractivity (Wildman–Crippen MR) is 99.4 cm³/mol. The molecule has 6 nitrogen and oxygen atoms in total. The van der Waals surface area contributed by atoms with Gasteiger partial charge >= 0.3 is 0 Å². The van der Waals surface area contributed by atoms with Crippen LogP contribution in [-0.4, -0.2) is 12.5 Å². The molecule has 0 aliphatic carbocycles. The second-order valence-corrected chi connectivity index (χ2v) is 5.34. The van der Waals surface area contributed by atoms with Gasteiger partial charge in [-0.05, 0) is 37.3 Å². The molecule has 1 amide bonds. The summed E-state index contributed by atoms with van der Waals surface area (Å²) in [5.74, 6) is 0.0380. The molecule has 0 spiro atoms. The number of nitrogens with zero attached hydrogens (tertiary/aromatic N) is 1. The van der Waals surface area contributed by atoms with Crippen molar-refractivity contribution in [2.45, 2.75) is 6.92 Å². The van der Waals surface area contributed by atoms with Crippen molar-refractivity contribution in [3.63, 3.8) is 0 Å². The number of hydrogen-bond acceptors (Lipinski definition) is 5. The third-order valence-electron chi connectivity index (χ3n) is 3.17. The molecule has 0 aromatic heterocycles. The molecular formula is C18H17ClN4O2. The van der Waals surface area contributed by atoms with Crippen LogP contribution in [0.1, 0.15) is 6.92 Å². The first-order chi connectivity index (χ1) is 12.0. The topological polar surface area (TPSA) is 100 Å². The van der Waals surface area contributed by atoms with Gasteiger partial charge in [0.15, 0.2) is 0 Å². The SMILES string of the molecule is CCOc1ccccc1N/C=C(/C#N)C(=O)Nc1ccc(N)cc1Cl. The molecule has 0 fully saturated rings. The first kappa shape index (κ1) is 18.2. The van der Waals surface area contributed by atoms with Crippen LogP contribution in [0.15, 0.2) is 54.2 Å². The standard InChI is InChI=1S/C18H17ClN4O2/c1-2-25-17-6-4-3-5-16(17)22-11-12(10-20)18(24)23-15-8-7-13(21)9-14(15)19/h3-9,11,22H,2,21H2,1H3,(H,23,24)/b12-11-. The first-order valence-corrected chi connectivity index (χ1v) is 7.88. The second-order valence-electron chi connectivity index (χ2n) is 4.94. The smallest absolute Gasteiger partial charge is 0.267 e. The Morgan fingerprint density at radius 2 is 2.08 bits per heavy atom. The van der Waals surface area contributed by atoms with Crippen molar-refractivity contribution in [1.29, 1.82) is 5.26 Å². The molecular weight excluding hydrogens is 340 g/mol. The fourth-order valence-electron chi connectivity index (χ4n) is 1.99. The minimum absolute atomic E-state index is 0.112. The summed E-state index contributed by atoms with van der Waals surface area (Å²) in [6, 6.07) is 13.8. The summed E-state index contributed by atoms with van der Waals surface area (Å²) in [4.78, 5) is 12.2. The number of nitrogen functional groups attached to an aromatic ring is 1. The number of para-hydroxylation sites is 2. The van der Waals surface area contributed by atoms with E-state index in [0.29, 0.717) is 34.4 Å². The van der Waals surface area contributed by atoms with Gasteiger partial charge in [-0.2, -0.15) is 5.26 Å². The molecule has 0 saturated heterocycles. The highest BCUT2D eigenvalue weighted by Gasteiger charge is 2.12. The van der Waals surface area contributed by atoms with E-state index in [2.05, 4.69) is 10.6 Å². The number of hydrogen-bond donors (Lipinski definition) is 3. The Bertz CT molecular complexity index is 843. The van der Waals surface area contributed by atoms with Gasteiger partial charge < -0.3 is 21.1 Å². The lowest BCUT2D eigenvalue weighted by atomic mass is 10.2. The monoisotopic (exact) mass is 356 g/mol. The molecule has 4 N–H and O–H groups in total. The van der Waals surface area contributed by atoms with Gasteiger partial charge in [0.1, 0.15) is 17.4 Å². The Morgan fingerprint density at radius 1 is 1.32 bits per heavy atom. The van der Waals surface area contributed by atoms with Gasteiger partial charge in [0.2, 0.25) is 0 Å². The number of halogens is 1. The normalized spacial score (nSPS) is 10.7. The highest BCUT2D eigenvalue weighted by Crippen LogP contribution is 2.25. The lowest BCUT2D eigenvalue weighted by Gasteiger charge is -2.10. The number of nitrogens with one attached hydrogen (secondary N) is 2. The van der Waals surface area contributed by atoms with E-state index < -0.39 is 5.91 Å². The third-order valence-corrected chi connectivity index (χ3v) is 3.48. The number of carbonyl (C=O) groups is 1. The number of rotatable bonds is 6. The molecule has 7 heteroatoms. The van der Waals surface area contributed by atoms with Crippen LogP contribution in [0.25, 0.3) is 0 Å².